The Morgan fingerprint density at radius 2 is 2.30 bits per heavy atom. The molecule has 2 rings (SSSR count). The molecule has 0 radical (unpaired) electrons. The molecule has 5 nitrogen and oxygen atoms in total. The summed E-state index contributed by atoms with van der Waals surface area (Å²) in [4.78, 5) is 17.2. The zero-order chi connectivity index (χ0) is 14.5. The van der Waals surface area contributed by atoms with E-state index in [1.54, 1.807) is 6.92 Å². The minimum atomic E-state index is -0.482. The molecule has 0 saturated carbocycles. The second kappa shape index (κ2) is 6.99. The Kier molecular flexibility index (Phi) is 5.31. The van der Waals surface area contributed by atoms with Gasteiger partial charge in [-0.1, -0.05) is 18.5 Å². The average molecular weight is 359 g/mol. The van der Waals surface area contributed by atoms with Crippen LogP contribution in [-0.2, 0) is 9.53 Å². The summed E-state index contributed by atoms with van der Waals surface area (Å²) in [6.07, 6.45) is 1.47. The van der Waals surface area contributed by atoms with Crippen LogP contribution in [0.25, 0.3) is 10.7 Å². The zero-order valence-electron chi connectivity index (χ0n) is 11.3. The maximum Gasteiger partial charge on any atom is 0.318 e. The number of esters is 1. The Morgan fingerprint density at radius 1 is 1.50 bits per heavy atom. The van der Waals surface area contributed by atoms with E-state index in [0.29, 0.717) is 24.7 Å². The van der Waals surface area contributed by atoms with Crippen molar-refractivity contribution in [3.05, 3.63) is 21.8 Å². The van der Waals surface area contributed by atoms with Crippen molar-refractivity contribution in [2.45, 2.75) is 32.6 Å². The second-order valence-corrected chi connectivity index (χ2v) is 6.62. The molecule has 0 spiro atoms. The quantitative estimate of drug-likeness (QED) is 0.729. The van der Waals surface area contributed by atoms with E-state index in [1.165, 1.54) is 11.3 Å². The van der Waals surface area contributed by atoms with E-state index in [-0.39, 0.29) is 5.97 Å². The molecule has 0 aromatic carbocycles. The zero-order valence-corrected chi connectivity index (χ0v) is 13.7. The first-order chi connectivity index (χ1) is 9.65. The van der Waals surface area contributed by atoms with Gasteiger partial charge in [0.15, 0.2) is 0 Å². The third kappa shape index (κ3) is 3.46. The monoisotopic (exact) mass is 358 g/mol. The summed E-state index contributed by atoms with van der Waals surface area (Å²) < 4.78 is 11.3. The third-order valence-electron chi connectivity index (χ3n) is 2.68. The van der Waals surface area contributed by atoms with Gasteiger partial charge in [-0.3, -0.25) is 4.79 Å². The molecule has 0 fully saturated rings. The van der Waals surface area contributed by atoms with Crippen molar-refractivity contribution in [3.8, 4) is 10.7 Å². The van der Waals surface area contributed by atoms with E-state index >= 15 is 0 Å². The molecule has 1 unspecified atom stereocenters. The van der Waals surface area contributed by atoms with Crippen LogP contribution in [0.4, 0.5) is 0 Å². The van der Waals surface area contributed by atoms with Gasteiger partial charge in [-0.05, 0) is 41.4 Å². The first-order valence-electron chi connectivity index (χ1n) is 6.41. The Labute approximate surface area is 129 Å². The highest BCUT2D eigenvalue weighted by Crippen LogP contribution is 2.31. The fraction of sp³-hybridized carbons (Fsp3) is 0.462. The van der Waals surface area contributed by atoms with Crippen molar-refractivity contribution < 1.29 is 14.1 Å². The molecule has 20 heavy (non-hydrogen) atoms. The first kappa shape index (κ1) is 15.2. The van der Waals surface area contributed by atoms with Gasteiger partial charge in [-0.2, -0.15) is 4.98 Å². The van der Waals surface area contributed by atoms with Crippen molar-refractivity contribution in [3.63, 3.8) is 0 Å². The van der Waals surface area contributed by atoms with Crippen LogP contribution in [0.3, 0.4) is 0 Å². The minimum absolute atomic E-state index is 0.308. The van der Waals surface area contributed by atoms with Crippen molar-refractivity contribution in [1.29, 1.82) is 0 Å². The second-order valence-electron chi connectivity index (χ2n) is 4.15. The smallest absolute Gasteiger partial charge is 0.318 e. The lowest BCUT2D eigenvalue weighted by Crippen LogP contribution is -2.16. The van der Waals surface area contributed by atoms with E-state index in [2.05, 4.69) is 26.1 Å². The van der Waals surface area contributed by atoms with Gasteiger partial charge in [-0.25, -0.2) is 0 Å². The lowest BCUT2D eigenvalue weighted by atomic mass is 10.0. The Balaban J connectivity index is 2.22. The number of hydrogen-bond acceptors (Lipinski definition) is 6. The van der Waals surface area contributed by atoms with Crippen LogP contribution < -0.4 is 0 Å². The number of rotatable bonds is 6. The lowest BCUT2D eigenvalue weighted by Gasteiger charge is -2.09. The number of carbonyl (C=O) groups excluding carboxylic acids is 1. The Morgan fingerprint density at radius 3 is 2.90 bits per heavy atom. The van der Waals surface area contributed by atoms with Crippen LogP contribution in [0.5, 0.6) is 0 Å². The van der Waals surface area contributed by atoms with Gasteiger partial charge < -0.3 is 9.26 Å². The van der Waals surface area contributed by atoms with Crippen molar-refractivity contribution in [2.24, 2.45) is 0 Å². The molecule has 1 atom stereocenters. The maximum atomic E-state index is 11.9. The molecule has 0 aliphatic carbocycles. The van der Waals surface area contributed by atoms with Crippen LogP contribution in [0.15, 0.2) is 20.4 Å². The molecule has 2 heterocycles. The Hall–Kier alpha value is -1.21. The molecular formula is C13H15BrN2O3S. The van der Waals surface area contributed by atoms with Crippen LogP contribution >= 0.6 is 27.3 Å². The fourth-order valence-electron chi connectivity index (χ4n) is 1.78. The molecule has 108 valence electrons. The van der Waals surface area contributed by atoms with E-state index in [1.807, 2.05) is 19.1 Å². The average Bonchev–Trinajstić information content (AvgIpc) is 3.04. The third-order valence-corrected chi connectivity index (χ3v) is 4.30. The number of halogens is 1. The predicted molar refractivity (Wildman–Crippen MR) is 79.6 cm³/mol. The van der Waals surface area contributed by atoms with Gasteiger partial charge in [0.05, 0.1) is 15.3 Å². The maximum absolute atomic E-state index is 11.9. The summed E-state index contributed by atoms with van der Waals surface area (Å²) >= 11 is 4.91. The molecule has 0 bridgehead atoms. The van der Waals surface area contributed by atoms with Gasteiger partial charge in [0, 0.05) is 0 Å². The summed E-state index contributed by atoms with van der Waals surface area (Å²) in [6.45, 7) is 4.13. The minimum Gasteiger partial charge on any atom is -0.465 e. The van der Waals surface area contributed by atoms with E-state index in [9.17, 15) is 4.79 Å². The number of nitrogens with zero attached hydrogens (tertiary/aromatic N) is 2. The first-order valence-corrected chi connectivity index (χ1v) is 8.02. The molecule has 0 aliphatic heterocycles. The highest BCUT2D eigenvalue weighted by atomic mass is 79.9. The number of hydrogen-bond donors (Lipinski definition) is 0. The summed E-state index contributed by atoms with van der Waals surface area (Å²) in [5, 5.41) is 3.94. The van der Waals surface area contributed by atoms with Crippen LogP contribution in [-0.4, -0.2) is 22.7 Å². The molecule has 0 aliphatic rings. The predicted octanol–water partition coefficient (Wildman–Crippen LogP) is 4.01. The van der Waals surface area contributed by atoms with Crippen molar-refractivity contribution >= 4 is 33.2 Å². The summed E-state index contributed by atoms with van der Waals surface area (Å²) in [5.74, 6) is 0.0347. The molecule has 7 heteroatoms. The molecule has 2 aromatic heterocycles. The number of aromatic nitrogens is 2. The largest absolute Gasteiger partial charge is 0.465 e. The summed E-state index contributed by atoms with van der Waals surface area (Å²) in [5.41, 5.74) is 0. The van der Waals surface area contributed by atoms with E-state index in [4.69, 9.17) is 9.26 Å². The van der Waals surface area contributed by atoms with Gasteiger partial charge >= 0.3 is 5.97 Å². The highest BCUT2D eigenvalue weighted by molar-refractivity contribution is 9.11. The molecule has 0 N–H and O–H groups in total. The Bertz CT molecular complexity index is 582. The lowest BCUT2D eigenvalue weighted by molar-refractivity contribution is -0.145. The SMILES string of the molecule is CCCC(C(=O)OCC)c1nc(-c2ccc(Br)s2)no1. The van der Waals surface area contributed by atoms with Crippen LogP contribution in [0, 0.1) is 0 Å². The number of ether oxygens (including phenoxy) is 1. The fourth-order valence-corrected chi connectivity index (χ4v) is 3.10. The van der Waals surface area contributed by atoms with Gasteiger partial charge in [0.2, 0.25) is 11.7 Å². The van der Waals surface area contributed by atoms with Crippen molar-refractivity contribution in [1.82, 2.24) is 10.1 Å². The summed E-state index contributed by atoms with van der Waals surface area (Å²) in [6, 6.07) is 3.83. The summed E-state index contributed by atoms with van der Waals surface area (Å²) in [7, 11) is 0. The van der Waals surface area contributed by atoms with Gasteiger partial charge in [0.25, 0.3) is 0 Å². The van der Waals surface area contributed by atoms with E-state index in [0.717, 1.165) is 15.1 Å². The van der Waals surface area contributed by atoms with Crippen molar-refractivity contribution in [2.75, 3.05) is 6.61 Å². The number of carbonyl (C=O) groups is 1. The normalized spacial score (nSPS) is 12.3. The molecular weight excluding hydrogens is 344 g/mol. The molecule has 2 aromatic rings. The van der Waals surface area contributed by atoms with Crippen LogP contribution in [0.1, 0.15) is 38.5 Å². The van der Waals surface area contributed by atoms with Crippen LogP contribution in [0.2, 0.25) is 0 Å². The van der Waals surface area contributed by atoms with Gasteiger partial charge in [0.1, 0.15) is 5.92 Å². The molecule has 0 saturated heterocycles. The van der Waals surface area contributed by atoms with E-state index < -0.39 is 5.92 Å². The molecule has 0 amide bonds. The standard InChI is InChI=1S/C13H15BrN2O3S/c1-3-5-8(13(17)18-4-2)12-15-11(16-19-12)9-6-7-10(14)20-9/h6-8H,3-5H2,1-2H3. The topological polar surface area (TPSA) is 65.2 Å². The highest BCUT2D eigenvalue weighted by Gasteiger charge is 2.27. The van der Waals surface area contributed by atoms with Gasteiger partial charge in [-0.15, -0.1) is 11.3 Å². The number of thiophene rings is 1.